The van der Waals surface area contributed by atoms with Crippen molar-refractivity contribution in [2.75, 3.05) is 13.2 Å². The van der Waals surface area contributed by atoms with E-state index in [9.17, 15) is 14.4 Å². The molecule has 478 valence electrons. The van der Waals surface area contributed by atoms with Crippen molar-refractivity contribution >= 4 is 17.9 Å². The predicted molar refractivity (Wildman–Crippen MR) is 358 cm³/mol. The third-order valence-electron chi connectivity index (χ3n) is 16.3. The highest BCUT2D eigenvalue weighted by Gasteiger charge is 2.19. The fraction of sp³-hybridized carbons (Fsp3) is 0.829. The van der Waals surface area contributed by atoms with Crippen LogP contribution in [0.15, 0.2) is 60.8 Å². The minimum Gasteiger partial charge on any atom is -0.462 e. The summed E-state index contributed by atoms with van der Waals surface area (Å²) in [6.45, 7) is 6.57. The van der Waals surface area contributed by atoms with Gasteiger partial charge in [-0.2, -0.15) is 0 Å². The van der Waals surface area contributed by atoms with E-state index in [1.165, 1.54) is 250 Å². The number of hydrogen-bond acceptors (Lipinski definition) is 6. The van der Waals surface area contributed by atoms with Crippen molar-refractivity contribution in [1.29, 1.82) is 0 Å². The molecule has 6 heteroatoms. The first kappa shape index (κ1) is 79.1. The van der Waals surface area contributed by atoms with Crippen molar-refractivity contribution in [3.8, 4) is 0 Å². The van der Waals surface area contributed by atoms with Gasteiger partial charge in [0.05, 0.1) is 0 Å². The van der Waals surface area contributed by atoms with Crippen molar-refractivity contribution in [3.63, 3.8) is 0 Å². The lowest BCUT2D eigenvalue weighted by Crippen LogP contribution is -2.30. The van der Waals surface area contributed by atoms with Gasteiger partial charge in [-0.25, -0.2) is 0 Å². The van der Waals surface area contributed by atoms with Gasteiger partial charge in [-0.05, 0) is 83.5 Å². The summed E-state index contributed by atoms with van der Waals surface area (Å²) in [4.78, 5) is 38.4. The number of allylic oxidation sites excluding steroid dienone is 10. The van der Waals surface area contributed by atoms with Gasteiger partial charge in [-0.15, -0.1) is 0 Å². The van der Waals surface area contributed by atoms with Gasteiger partial charge in [-0.1, -0.05) is 345 Å². The van der Waals surface area contributed by atoms with Crippen molar-refractivity contribution in [2.24, 2.45) is 0 Å². The van der Waals surface area contributed by atoms with Gasteiger partial charge in [0, 0.05) is 19.3 Å². The van der Waals surface area contributed by atoms with Crippen LogP contribution in [0.25, 0.3) is 0 Å². The molecule has 0 N–H and O–H groups in total. The Hall–Kier alpha value is -2.89. The standard InChI is InChI=1S/C76H138O6/c1-4-7-10-13-16-19-22-25-28-30-31-32-33-34-35-36-37-38-39-40-41-42-43-44-45-47-48-51-54-57-60-63-66-69-75(78)81-72-73(71-80-74(77)68-65-62-59-56-53-50-27-24-21-18-15-12-9-6-3)82-76(79)70-67-64-61-58-55-52-49-46-29-26-23-20-17-14-11-8-5-2/h8,11,17,20,26,29-31,49,52,73H,4-7,9-10,12-16,18-19,21-25,27-28,32-48,50-51,53-72H2,1-3H3/b11-8-,20-17-,29-26-,31-30-,52-49-. The van der Waals surface area contributed by atoms with Crippen molar-refractivity contribution in [3.05, 3.63) is 60.8 Å². The molecule has 82 heavy (non-hydrogen) atoms. The van der Waals surface area contributed by atoms with Crippen LogP contribution >= 0.6 is 0 Å². The molecule has 0 aliphatic carbocycles. The summed E-state index contributed by atoms with van der Waals surface area (Å²) in [5.41, 5.74) is 0. The number of esters is 3. The molecule has 0 saturated carbocycles. The number of rotatable bonds is 67. The molecule has 0 amide bonds. The first-order valence-electron chi connectivity index (χ1n) is 36.3. The van der Waals surface area contributed by atoms with E-state index in [0.29, 0.717) is 19.3 Å². The van der Waals surface area contributed by atoms with E-state index in [2.05, 4.69) is 81.5 Å². The highest BCUT2D eigenvalue weighted by atomic mass is 16.6. The van der Waals surface area contributed by atoms with Crippen LogP contribution in [-0.2, 0) is 28.6 Å². The Balaban J connectivity index is 4.15. The van der Waals surface area contributed by atoms with Gasteiger partial charge in [0.2, 0.25) is 0 Å². The van der Waals surface area contributed by atoms with Crippen LogP contribution < -0.4 is 0 Å². The van der Waals surface area contributed by atoms with E-state index in [0.717, 1.165) is 96.3 Å². The molecule has 0 spiro atoms. The molecule has 0 saturated heterocycles. The summed E-state index contributed by atoms with van der Waals surface area (Å²) in [5, 5.41) is 0. The Morgan fingerprint density at radius 1 is 0.256 bits per heavy atom. The minimum atomic E-state index is -0.785. The average molecular weight is 1150 g/mol. The molecule has 0 heterocycles. The second-order valence-corrected chi connectivity index (χ2v) is 24.5. The van der Waals surface area contributed by atoms with Crippen LogP contribution in [0.5, 0.6) is 0 Å². The van der Waals surface area contributed by atoms with Gasteiger partial charge in [-0.3, -0.25) is 14.4 Å². The molecule has 1 unspecified atom stereocenters. The van der Waals surface area contributed by atoms with Crippen molar-refractivity contribution < 1.29 is 28.6 Å². The Kier molecular flexibility index (Phi) is 68.1. The highest BCUT2D eigenvalue weighted by molar-refractivity contribution is 5.71. The molecule has 1 atom stereocenters. The van der Waals surface area contributed by atoms with E-state index in [-0.39, 0.29) is 31.1 Å². The smallest absolute Gasteiger partial charge is 0.306 e. The van der Waals surface area contributed by atoms with Gasteiger partial charge in [0.1, 0.15) is 13.2 Å². The first-order valence-corrected chi connectivity index (χ1v) is 36.3. The zero-order valence-electron chi connectivity index (χ0n) is 55.0. The topological polar surface area (TPSA) is 78.9 Å². The third-order valence-corrected chi connectivity index (χ3v) is 16.3. The lowest BCUT2D eigenvalue weighted by atomic mass is 10.0. The Morgan fingerprint density at radius 2 is 0.476 bits per heavy atom. The van der Waals surface area contributed by atoms with Crippen LogP contribution in [0.1, 0.15) is 387 Å². The normalized spacial score (nSPS) is 12.4. The molecular weight excluding hydrogens is 1010 g/mol. The van der Waals surface area contributed by atoms with Crippen molar-refractivity contribution in [1.82, 2.24) is 0 Å². The van der Waals surface area contributed by atoms with Crippen LogP contribution in [0.2, 0.25) is 0 Å². The van der Waals surface area contributed by atoms with E-state index in [1.54, 1.807) is 0 Å². The summed E-state index contributed by atoms with van der Waals surface area (Å²) in [5.74, 6) is -0.879. The summed E-state index contributed by atoms with van der Waals surface area (Å²) >= 11 is 0. The monoisotopic (exact) mass is 1150 g/mol. The fourth-order valence-corrected chi connectivity index (χ4v) is 10.8. The Labute approximate surface area is 510 Å². The molecule has 0 aromatic carbocycles. The van der Waals surface area contributed by atoms with E-state index >= 15 is 0 Å². The highest BCUT2D eigenvalue weighted by Crippen LogP contribution is 2.18. The summed E-state index contributed by atoms with van der Waals surface area (Å²) < 4.78 is 17.0. The molecule has 0 rings (SSSR count). The second-order valence-electron chi connectivity index (χ2n) is 24.5. The van der Waals surface area contributed by atoms with Crippen molar-refractivity contribution in [2.45, 2.75) is 393 Å². The largest absolute Gasteiger partial charge is 0.462 e. The molecule has 0 aliphatic heterocycles. The zero-order chi connectivity index (χ0) is 59.2. The number of ether oxygens (including phenoxy) is 3. The molecule has 0 aromatic rings. The van der Waals surface area contributed by atoms with Gasteiger partial charge in [0.25, 0.3) is 0 Å². The van der Waals surface area contributed by atoms with E-state index in [4.69, 9.17) is 14.2 Å². The SMILES string of the molecule is CC/C=C\C/C=C\C/C=C\C/C=C\CCCCCCC(=O)OC(COC(=O)CCCCCCCCCCCCCCCC)COC(=O)CCCCCCCCCCCCCCCCCCCCCCC/C=C\CCCCCCCCCC. The van der Waals surface area contributed by atoms with E-state index < -0.39 is 6.10 Å². The minimum absolute atomic E-state index is 0.0795. The fourth-order valence-electron chi connectivity index (χ4n) is 10.8. The predicted octanol–water partition coefficient (Wildman–Crippen LogP) is 25.1. The zero-order valence-corrected chi connectivity index (χ0v) is 55.0. The second kappa shape index (κ2) is 70.6. The van der Waals surface area contributed by atoms with Crippen LogP contribution in [0, 0.1) is 0 Å². The lowest BCUT2D eigenvalue weighted by Gasteiger charge is -2.18. The van der Waals surface area contributed by atoms with Crippen LogP contribution in [0.4, 0.5) is 0 Å². The lowest BCUT2D eigenvalue weighted by molar-refractivity contribution is -0.167. The summed E-state index contributed by atoms with van der Waals surface area (Å²) in [6, 6.07) is 0. The van der Waals surface area contributed by atoms with Gasteiger partial charge < -0.3 is 14.2 Å². The number of hydrogen-bond donors (Lipinski definition) is 0. The van der Waals surface area contributed by atoms with Crippen LogP contribution in [0.3, 0.4) is 0 Å². The third kappa shape index (κ3) is 67.9. The molecule has 6 nitrogen and oxygen atoms in total. The maximum atomic E-state index is 12.9. The summed E-state index contributed by atoms with van der Waals surface area (Å²) in [7, 11) is 0. The summed E-state index contributed by atoms with van der Waals surface area (Å²) in [6.07, 6.45) is 91.3. The number of unbranched alkanes of at least 4 members (excludes halogenated alkanes) is 46. The van der Waals surface area contributed by atoms with E-state index in [1.807, 2.05) is 0 Å². The Bertz CT molecular complexity index is 1460. The molecule has 0 bridgehead atoms. The number of carbonyl (C=O) groups is 3. The molecule has 0 aromatic heterocycles. The molecule has 0 radical (unpaired) electrons. The van der Waals surface area contributed by atoms with Crippen LogP contribution in [-0.4, -0.2) is 37.2 Å². The first-order chi connectivity index (χ1) is 40.5. The maximum absolute atomic E-state index is 12.9. The van der Waals surface area contributed by atoms with Gasteiger partial charge >= 0.3 is 17.9 Å². The average Bonchev–Trinajstić information content (AvgIpc) is 3.48. The van der Waals surface area contributed by atoms with Gasteiger partial charge in [0.15, 0.2) is 6.10 Å². The maximum Gasteiger partial charge on any atom is 0.306 e. The Morgan fingerprint density at radius 3 is 0.756 bits per heavy atom. The molecule has 0 fully saturated rings. The molecule has 0 aliphatic rings. The molecular formula is C76H138O6. The quantitative estimate of drug-likeness (QED) is 0.0261. The number of carbonyl (C=O) groups excluding carboxylic acids is 3.